The van der Waals surface area contributed by atoms with Gasteiger partial charge in [0.2, 0.25) is 0 Å². The third-order valence-electron chi connectivity index (χ3n) is 4.52. The molecule has 0 aliphatic heterocycles. The summed E-state index contributed by atoms with van der Waals surface area (Å²) in [6.45, 7) is 0.985. The van der Waals surface area contributed by atoms with Crippen LogP contribution in [0, 0.1) is 10.1 Å². The number of nitro benzene ring substituents is 1. The molecule has 10 nitrogen and oxygen atoms in total. The Bertz CT molecular complexity index is 1190. The predicted molar refractivity (Wildman–Crippen MR) is 112 cm³/mol. The van der Waals surface area contributed by atoms with Gasteiger partial charge >= 0.3 is 0 Å². The van der Waals surface area contributed by atoms with Crippen molar-refractivity contribution in [3.05, 3.63) is 95.6 Å². The van der Waals surface area contributed by atoms with Gasteiger partial charge < -0.3 is 19.2 Å². The molecule has 0 saturated heterocycles. The number of amides is 1. The highest BCUT2D eigenvalue weighted by Crippen LogP contribution is 2.27. The fraction of sp³-hybridized carbons (Fsp3) is 0.0952. The third kappa shape index (κ3) is 4.58. The van der Waals surface area contributed by atoms with Crippen molar-refractivity contribution in [2.24, 2.45) is 0 Å². The van der Waals surface area contributed by atoms with Crippen LogP contribution in [0.4, 0.5) is 11.4 Å². The van der Waals surface area contributed by atoms with Crippen molar-refractivity contribution in [2.45, 2.75) is 6.54 Å². The van der Waals surface area contributed by atoms with Gasteiger partial charge in [-0.3, -0.25) is 14.9 Å². The van der Waals surface area contributed by atoms with E-state index in [0.29, 0.717) is 30.3 Å². The molecule has 1 amide bonds. The van der Waals surface area contributed by atoms with Gasteiger partial charge in [-0.2, -0.15) is 0 Å². The van der Waals surface area contributed by atoms with E-state index < -0.39 is 10.8 Å². The van der Waals surface area contributed by atoms with Crippen LogP contribution in [-0.4, -0.2) is 36.5 Å². The minimum Gasteiger partial charge on any atom is -0.490 e. The Morgan fingerprint density at radius 1 is 1.10 bits per heavy atom. The van der Waals surface area contributed by atoms with Crippen molar-refractivity contribution in [1.29, 1.82) is 0 Å². The van der Waals surface area contributed by atoms with Crippen molar-refractivity contribution in [1.82, 2.24) is 19.1 Å². The molecule has 10 heteroatoms. The molecule has 0 aliphatic rings. The molecule has 0 aliphatic carbocycles. The number of carbonyl (C=O) groups excluding carboxylic acids is 1. The summed E-state index contributed by atoms with van der Waals surface area (Å²) in [5.41, 5.74) is 0.751. The quantitative estimate of drug-likeness (QED) is 0.347. The Kier molecular flexibility index (Phi) is 5.70. The summed E-state index contributed by atoms with van der Waals surface area (Å²) in [5.74, 6) is 0.0199. The van der Waals surface area contributed by atoms with Crippen LogP contribution >= 0.6 is 0 Å². The summed E-state index contributed by atoms with van der Waals surface area (Å²) in [6, 6.07) is 11.3. The Hall–Kier alpha value is -4.47. The normalized spacial score (nSPS) is 10.6. The van der Waals surface area contributed by atoms with Crippen LogP contribution in [0.5, 0.6) is 5.75 Å². The zero-order chi connectivity index (χ0) is 21.6. The standard InChI is InChI=1S/C21H18N6O4/c28-21(16-5-6-18(19(13-16)27(29)30)26-10-8-23-15-26)24-17-3-1-2-4-20(17)31-12-11-25-9-7-22-14-25/h1-10,13-15H,11-12H2,(H,24,28). The Morgan fingerprint density at radius 3 is 2.65 bits per heavy atom. The van der Waals surface area contributed by atoms with Gasteiger partial charge in [-0.25, -0.2) is 9.97 Å². The van der Waals surface area contributed by atoms with E-state index in [4.69, 9.17) is 4.74 Å². The van der Waals surface area contributed by atoms with Gasteiger partial charge in [-0.1, -0.05) is 12.1 Å². The molecule has 31 heavy (non-hydrogen) atoms. The molecule has 1 N–H and O–H groups in total. The lowest BCUT2D eigenvalue weighted by atomic mass is 10.1. The molecule has 2 heterocycles. The lowest BCUT2D eigenvalue weighted by Gasteiger charge is -2.13. The van der Waals surface area contributed by atoms with Gasteiger partial charge in [0.25, 0.3) is 11.6 Å². The van der Waals surface area contributed by atoms with Crippen molar-refractivity contribution < 1.29 is 14.5 Å². The van der Waals surface area contributed by atoms with E-state index in [-0.39, 0.29) is 11.3 Å². The third-order valence-corrected chi connectivity index (χ3v) is 4.52. The van der Waals surface area contributed by atoms with Crippen LogP contribution < -0.4 is 10.1 Å². The van der Waals surface area contributed by atoms with Crippen LogP contribution in [0.2, 0.25) is 0 Å². The second kappa shape index (κ2) is 8.91. The summed E-state index contributed by atoms with van der Waals surface area (Å²) in [6.07, 6.45) is 9.78. The van der Waals surface area contributed by atoms with Gasteiger partial charge in [0.1, 0.15) is 18.0 Å². The molecule has 0 bridgehead atoms. The first-order valence-corrected chi connectivity index (χ1v) is 9.37. The van der Waals surface area contributed by atoms with Gasteiger partial charge in [0.15, 0.2) is 0 Å². The predicted octanol–water partition coefficient (Wildman–Crippen LogP) is 3.31. The zero-order valence-electron chi connectivity index (χ0n) is 16.3. The lowest BCUT2D eigenvalue weighted by molar-refractivity contribution is -0.384. The van der Waals surface area contributed by atoms with E-state index in [1.165, 1.54) is 35.3 Å². The fourth-order valence-electron chi connectivity index (χ4n) is 3.00. The number of carbonyl (C=O) groups is 1. The van der Waals surface area contributed by atoms with E-state index in [1.807, 2.05) is 10.8 Å². The SMILES string of the molecule is O=C(Nc1ccccc1OCCn1ccnc1)c1ccc(-n2ccnc2)c([N+](=O)[O-])c1. The number of para-hydroxylation sites is 2. The first-order chi connectivity index (χ1) is 15.1. The van der Waals surface area contributed by atoms with Gasteiger partial charge in [0.05, 0.1) is 29.8 Å². The van der Waals surface area contributed by atoms with Gasteiger partial charge in [0, 0.05) is 36.4 Å². The number of nitrogens with one attached hydrogen (secondary N) is 1. The van der Waals surface area contributed by atoms with Gasteiger partial charge in [-0.15, -0.1) is 0 Å². The Labute approximate surface area is 176 Å². The summed E-state index contributed by atoms with van der Waals surface area (Å²) in [5, 5.41) is 14.3. The number of hydrogen-bond donors (Lipinski definition) is 1. The molecule has 2 aromatic heterocycles. The number of hydrogen-bond acceptors (Lipinski definition) is 6. The highest BCUT2D eigenvalue weighted by atomic mass is 16.6. The summed E-state index contributed by atoms with van der Waals surface area (Å²) in [4.78, 5) is 31.7. The summed E-state index contributed by atoms with van der Waals surface area (Å²) in [7, 11) is 0. The van der Waals surface area contributed by atoms with Crippen LogP contribution in [0.1, 0.15) is 10.4 Å². The minimum absolute atomic E-state index is 0.156. The number of nitrogens with zero attached hydrogens (tertiary/aromatic N) is 5. The largest absolute Gasteiger partial charge is 0.490 e. The molecule has 0 atom stereocenters. The maximum Gasteiger partial charge on any atom is 0.294 e. The smallest absolute Gasteiger partial charge is 0.294 e. The first kappa shape index (κ1) is 19.8. The van der Waals surface area contributed by atoms with Crippen molar-refractivity contribution >= 4 is 17.3 Å². The van der Waals surface area contributed by atoms with Crippen LogP contribution in [0.3, 0.4) is 0 Å². The number of anilines is 1. The lowest BCUT2D eigenvalue weighted by Crippen LogP contribution is -2.14. The number of benzene rings is 2. The number of ether oxygens (including phenoxy) is 1. The van der Waals surface area contributed by atoms with Crippen molar-refractivity contribution in [3.8, 4) is 11.4 Å². The van der Waals surface area contributed by atoms with Crippen molar-refractivity contribution in [2.75, 3.05) is 11.9 Å². The van der Waals surface area contributed by atoms with E-state index >= 15 is 0 Å². The molecular formula is C21H18N6O4. The molecule has 0 saturated carbocycles. The van der Waals surface area contributed by atoms with Crippen LogP contribution in [0.25, 0.3) is 5.69 Å². The monoisotopic (exact) mass is 418 g/mol. The maximum absolute atomic E-state index is 12.8. The first-order valence-electron chi connectivity index (χ1n) is 9.37. The molecule has 4 rings (SSSR count). The Balaban J connectivity index is 1.50. The van der Waals surface area contributed by atoms with E-state index in [0.717, 1.165) is 0 Å². The highest BCUT2D eigenvalue weighted by Gasteiger charge is 2.19. The van der Waals surface area contributed by atoms with E-state index in [9.17, 15) is 14.9 Å². The van der Waals surface area contributed by atoms with E-state index in [1.54, 1.807) is 43.0 Å². The van der Waals surface area contributed by atoms with Gasteiger partial charge in [-0.05, 0) is 24.3 Å². The van der Waals surface area contributed by atoms with Crippen molar-refractivity contribution in [3.63, 3.8) is 0 Å². The molecule has 0 spiro atoms. The fourth-order valence-corrected chi connectivity index (χ4v) is 3.00. The summed E-state index contributed by atoms with van der Waals surface area (Å²) >= 11 is 0. The van der Waals surface area contributed by atoms with E-state index in [2.05, 4.69) is 15.3 Å². The average Bonchev–Trinajstić information content (AvgIpc) is 3.49. The average molecular weight is 418 g/mol. The molecule has 0 unspecified atom stereocenters. The second-order valence-electron chi connectivity index (χ2n) is 6.53. The molecule has 2 aromatic carbocycles. The topological polar surface area (TPSA) is 117 Å². The highest BCUT2D eigenvalue weighted by molar-refractivity contribution is 6.05. The molecule has 4 aromatic rings. The molecule has 156 valence electrons. The number of imidazole rings is 2. The second-order valence-corrected chi connectivity index (χ2v) is 6.53. The van der Waals surface area contributed by atoms with Crippen LogP contribution in [-0.2, 0) is 6.54 Å². The molecular weight excluding hydrogens is 400 g/mol. The Morgan fingerprint density at radius 2 is 1.90 bits per heavy atom. The zero-order valence-corrected chi connectivity index (χ0v) is 16.3. The number of aromatic nitrogens is 4. The summed E-state index contributed by atoms with van der Waals surface area (Å²) < 4.78 is 9.19. The van der Waals surface area contributed by atoms with Crippen LogP contribution in [0.15, 0.2) is 79.9 Å². The maximum atomic E-state index is 12.8. The number of rotatable bonds is 8. The molecule has 0 fully saturated rings. The number of nitro groups is 1. The minimum atomic E-state index is -0.528. The molecule has 0 radical (unpaired) electrons.